The molecule has 102 valence electrons. The number of halogens is 1. The predicted molar refractivity (Wildman–Crippen MR) is 83.9 cm³/mol. The number of hydrogen-bond acceptors (Lipinski definition) is 1. The van der Waals surface area contributed by atoms with Gasteiger partial charge in [0.2, 0.25) is 0 Å². The Morgan fingerprint density at radius 2 is 1.75 bits per heavy atom. The molecule has 4 heteroatoms. The van der Waals surface area contributed by atoms with E-state index < -0.39 is 0 Å². The molecule has 0 spiro atoms. The van der Waals surface area contributed by atoms with E-state index in [0.29, 0.717) is 5.02 Å². The minimum Gasteiger partial charge on any atom is -0.314 e. The minimum atomic E-state index is -0.209. The highest BCUT2D eigenvalue weighted by atomic mass is 35.5. The Labute approximate surface area is 123 Å². The third-order valence-electron chi connectivity index (χ3n) is 2.82. The van der Waals surface area contributed by atoms with Crippen LogP contribution in [0.3, 0.4) is 0 Å². The lowest BCUT2D eigenvalue weighted by atomic mass is 10.2. The Bertz CT molecular complexity index is 611. The van der Waals surface area contributed by atoms with Crippen molar-refractivity contribution in [3.05, 3.63) is 71.4 Å². The van der Waals surface area contributed by atoms with E-state index in [1.165, 1.54) is 4.90 Å². The maximum atomic E-state index is 11.9. The first-order valence-corrected chi connectivity index (χ1v) is 6.56. The SMILES string of the molecule is CN(C(=O)N/C=C/c1ccccc1Cl)c1ccccc1. The topological polar surface area (TPSA) is 32.3 Å². The Hall–Kier alpha value is -2.26. The van der Waals surface area contributed by atoms with Crippen LogP contribution in [0, 0.1) is 0 Å². The van der Waals surface area contributed by atoms with E-state index in [1.807, 2.05) is 48.5 Å². The van der Waals surface area contributed by atoms with Crippen molar-refractivity contribution < 1.29 is 4.79 Å². The average molecular weight is 287 g/mol. The zero-order chi connectivity index (χ0) is 14.4. The van der Waals surface area contributed by atoms with E-state index in [4.69, 9.17) is 11.6 Å². The monoisotopic (exact) mass is 286 g/mol. The van der Waals surface area contributed by atoms with Crippen LogP contribution in [-0.2, 0) is 0 Å². The zero-order valence-corrected chi connectivity index (χ0v) is 11.8. The molecule has 0 saturated carbocycles. The summed E-state index contributed by atoms with van der Waals surface area (Å²) in [5, 5.41) is 3.35. The molecule has 0 fully saturated rings. The third kappa shape index (κ3) is 3.62. The number of carbonyl (C=O) groups is 1. The second-order valence-electron chi connectivity index (χ2n) is 4.20. The van der Waals surface area contributed by atoms with Crippen LogP contribution in [0.4, 0.5) is 10.5 Å². The van der Waals surface area contributed by atoms with Gasteiger partial charge in [-0.1, -0.05) is 48.0 Å². The van der Waals surface area contributed by atoms with Gasteiger partial charge in [0.15, 0.2) is 0 Å². The van der Waals surface area contributed by atoms with Gasteiger partial charge in [-0.15, -0.1) is 0 Å². The largest absolute Gasteiger partial charge is 0.325 e. The lowest BCUT2D eigenvalue weighted by molar-refractivity contribution is 0.250. The van der Waals surface area contributed by atoms with Gasteiger partial charge in [0.1, 0.15) is 0 Å². The average Bonchev–Trinajstić information content (AvgIpc) is 2.49. The molecule has 0 bridgehead atoms. The van der Waals surface area contributed by atoms with Crippen LogP contribution in [0.15, 0.2) is 60.8 Å². The second kappa shape index (κ2) is 6.78. The van der Waals surface area contributed by atoms with E-state index in [9.17, 15) is 4.79 Å². The number of carbonyl (C=O) groups excluding carboxylic acids is 1. The number of benzene rings is 2. The molecule has 3 nitrogen and oxygen atoms in total. The molecule has 2 amide bonds. The Morgan fingerprint density at radius 1 is 1.10 bits per heavy atom. The fourth-order valence-corrected chi connectivity index (χ4v) is 1.88. The molecule has 0 aliphatic carbocycles. The highest BCUT2D eigenvalue weighted by Crippen LogP contribution is 2.16. The van der Waals surface area contributed by atoms with Gasteiger partial charge in [-0.05, 0) is 29.8 Å². The number of urea groups is 1. The van der Waals surface area contributed by atoms with Gasteiger partial charge in [-0.3, -0.25) is 4.90 Å². The summed E-state index contributed by atoms with van der Waals surface area (Å²) in [5.74, 6) is 0. The summed E-state index contributed by atoms with van der Waals surface area (Å²) in [6.45, 7) is 0. The van der Waals surface area contributed by atoms with Crippen LogP contribution in [0.1, 0.15) is 5.56 Å². The Kier molecular flexibility index (Phi) is 4.80. The Morgan fingerprint density at radius 3 is 2.45 bits per heavy atom. The highest BCUT2D eigenvalue weighted by Gasteiger charge is 2.07. The Balaban J connectivity index is 1.97. The first-order chi connectivity index (χ1) is 9.68. The number of rotatable bonds is 3. The minimum absolute atomic E-state index is 0.209. The van der Waals surface area contributed by atoms with Crippen molar-refractivity contribution in [3.8, 4) is 0 Å². The summed E-state index contributed by atoms with van der Waals surface area (Å²) in [7, 11) is 1.72. The number of para-hydroxylation sites is 1. The number of nitrogens with one attached hydrogen (secondary N) is 1. The molecule has 0 saturated heterocycles. The van der Waals surface area contributed by atoms with Gasteiger partial charge < -0.3 is 5.32 Å². The van der Waals surface area contributed by atoms with E-state index in [0.717, 1.165) is 11.3 Å². The van der Waals surface area contributed by atoms with Gasteiger partial charge in [0.25, 0.3) is 0 Å². The molecule has 0 aliphatic rings. The summed E-state index contributed by atoms with van der Waals surface area (Å²) in [6.07, 6.45) is 3.35. The van der Waals surface area contributed by atoms with E-state index in [2.05, 4.69) is 5.32 Å². The molecule has 0 unspecified atom stereocenters. The number of amides is 2. The molecule has 2 rings (SSSR count). The zero-order valence-electron chi connectivity index (χ0n) is 11.1. The standard InChI is InChI=1S/C16H15ClN2O/c1-19(14-8-3-2-4-9-14)16(20)18-12-11-13-7-5-6-10-15(13)17/h2-12H,1H3,(H,18,20)/b12-11+. The van der Waals surface area contributed by atoms with Crippen LogP contribution >= 0.6 is 11.6 Å². The van der Waals surface area contributed by atoms with Gasteiger partial charge in [-0.2, -0.15) is 0 Å². The van der Waals surface area contributed by atoms with Crippen LogP contribution in [0.2, 0.25) is 5.02 Å². The van der Waals surface area contributed by atoms with Gasteiger partial charge in [0, 0.05) is 24.0 Å². The van der Waals surface area contributed by atoms with Gasteiger partial charge in [-0.25, -0.2) is 4.79 Å². The van der Waals surface area contributed by atoms with E-state index in [1.54, 1.807) is 25.4 Å². The van der Waals surface area contributed by atoms with Crippen molar-refractivity contribution in [2.24, 2.45) is 0 Å². The summed E-state index contributed by atoms with van der Waals surface area (Å²) < 4.78 is 0. The number of nitrogens with zero attached hydrogens (tertiary/aromatic N) is 1. The number of hydrogen-bond donors (Lipinski definition) is 1. The van der Waals surface area contributed by atoms with Crippen LogP contribution in [0.25, 0.3) is 6.08 Å². The third-order valence-corrected chi connectivity index (χ3v) is 3.17. The molecular weight excluding hydrogens is 272 g/mol. The summed E-state index contributed by atoms with van der Waals surface area (Å²) in [5.41, 5.74) is 1.69. The quantitative estimate of drug-likeness (QED) is 0.903. The second-order valence-corrected chi connectivity index (χ2v) is 4.61. The normalized spacial score (nSPS) is 10.5. The molecule has 20 heavy (non-hydrogen) atoms. The molecule has 0 heterocycles. The maximum absolute atomic E-state index is 11.9. The number of anilines is 1. The van der Waals surface area contributed by atoms with Crippen molar-refractivity contribution >= 4 is 29.4 Å². The van der Waals surface area contributed by atoms with Crippen molar-refractivity contribution in [1.82, 2.24) is 5.32 Å². The molecule has 0 aromatic heterocycles. The summed E-state index contributed by atoms with van der Waals surface area (Å²) in [4.78, 5) is 13.5. The van der Waals surface area contributed by atoms with Crippen molar-refractivity contribution in [2.45, 2.75) is 0 Å². The molecule has 0 radical (unpaired) electrons. The molecule has 0 aliphatic heterocycles. The molecule has 1 N–H and O–H groups in total. The molecular formula is C16H15ClN2O. The van der Waals surface area contributed by atoms with E-state index in [-0.39, 0.29) is 6.03 Å². The van der Waals surface area contributed by atoms with Crippen LogP contribution < -0.4 is 10.2 Å². The van der Waals surface area contributed by atoms with Crippen molar-refractivity contribution in [1.29, 1.82) is 0 Å². The van der Waals surface area contributed by atoms with Crippen molar-refractivity contribution in [3.63, 3.8) is 0 Å². The van der Waals surface area contributed by atoms with Crippen molar-refractivity contribution in [2.75, 3.05) is 11.9 Å². The smallest absolute Gasteiger partial charge is 0.314 e. The van der Waals surface area contributed by atoms with Crippen LogP contribution in [0.5, 0.6) is 0 Å². The first-order valence-electron chi connectivity index (χ1n) is 6.19. The maximum Gasteiger partial charge on any atom is 0.325 e. The first kappa shape index (κ1) is 14.2. The predicted octanol–water partition coefficient (Wildman–Crippen LogP) is 4.16. The van der Waals surface area contributed by atoms with E-state index >= 15 is 0 Å². The molecule has 0 atom stereocenters. The van der Waals surface area contributed by atoms with Gasteiger partial charge >= 0.3 is 6.03 Å². The lowest BCUT2D eigenvalue weighted by Gasteiger charge is -2.16. The van der Waals surface area contributed by atoms with Gasteiger partial charge in [0.05, 0.1) is 0 Å². The lowest BCUT2D eigenvalue weighted by Crippen LogP contribution is -2.34. The summed E-state index contributed by atoms with van der Waals surface area (Å²) in [6, 6.07) is 16.7. The molecule has 2 aromatic carbocycles. The fraction of sp³-hybridized carbons (Fsp3) is 0.0625. The molecule has 2 aromatic rings. The fourth-order valence-electron chi connectivity index (χ4n) is 1.68. The van der Waals surface area contributed by atoms with Crippen LogP contribution in [-0.4, -0.2) is 13.1 Å². The highest BCUT2D eigenvalue weighted by molar-refractivity contribution is 6.32. The summed E-state index contributed by atoms with van der Waals surface area (Å²) >= 11 is 6.02.